The van der Waals surface area contributed by atoms with Crippen molar-refractivity contribution in [3.8, 4) is 6.07 Å². The van der Waals surface area contributed by atoms with E-state index in [0.29, 0.717) is 10.8 Å². The number of hydroxylamine groups is 1. The summed E-state index contributed by atoms with van der Waals surface area (Å²) in [6.45, 7) is 3.08. The third kappa shape index (κ3) is 2.81. The van der Waals surface area contributed by atoms with Gasteiger partial charge in [0.2, 0.25) is 5.54 Å². The lowest BCUT2D eigenvalue weighted by molar-refractivity contribution is -0.148. The molecule has 0 spiro atoms. The molecule has 0 aliphatic carbocycles. The average Bonchev–Trinajstić information content (AvgIpc) is 2.38. The van der Waals surface area contributed by atoms with Crippen LogP contribution in [0.3, 0.4) is 0 Å². The second kappa shape index (κ2) is 5.85. The highest BCUT2D eigenvalue weighted by Gasteiger charge is 2.41. The molecule has 0 saturated heterocycles. The van der Waals surface area contributed by atoms with Crippen molar-refractivity contribution in [3.63, 3.8) is 0 Å². The molecule has 0 saturated carbocycles. The molecule has 96 valence electrons. The first-order valence-corrected chi connectivity index (χ1v) is 6.08. The van der Waals surface area contributed by atoms with E-state index in [0.717, 1.165) is 4.47 Å². The van der Waals surface area contributed by atoms with Gasteiger partial charge in [-0.05, 0) is 38.1 Å². The number of carbonyl (C=O) groups excluding carboxylic acids is 1. The lowest BCUT2D eigenvalue weighted by Crippen LogP contribution is -2.51. The maximum atomic E-state index is 11.7. The van der Waals surface area contributed by atoms with Crippen LogP contribution < -0.4 is 5.06 Å². The Labute approximate surface area is 114 Å². The van der Waals surface area contributed by atoms with Gasteiger partial charge < -0.3 is 4.74 Å². The zero-order chi connectivity index (χ0) is 13.8. The van der Waals surface area contributed by atoms with E-state index in [1.165, 1.54) is 6.92 Å². The summed E-state index contributed by atoms with van der Waals surface area (Å²) in [6, 6.07) is 8.32. The van der Waals surface area contributed by atoms with Gasteiger partial charge in [-0.15, -0.1) is 0 Å². The van der Waals surface area contributed by atoms with Crippen LogP contribution in [0.1, 0.15) is 13.8 Å². The second-order valence-electron chi connectivity index (χ2n) is 3.69. The largest absolute Gasteiger partial charge is 0.463 e. The van der Waals surface area contributed by atoms with Gasteiger partial charge >= 0.3 is 5.97 Å². The van der Waals surface area contributed by atoms with Crippen molar-refractivity contribution in [2.45, 2.75) is 19.4 Å². The molecule has 0 aliphatic heterocycles. The molecule has 0 heterocycles. The third-order valence-electron chi connectivity index (χ3n) is 2.39. The van der Waals surface area contributed by atoms with Crippen LogP contribution in [0.25, 0.3) is 0 Å². The molecule has 1 aromatic rings. The van der Waals surface area contributed by atoms with Crippen molar-refractivity contribution in [2.24, 2.45) is 0 Å². The Morgan fingerprint density at radius 2 is 2.11 bits per heavy atom. The fourth-order valence-electron chi connectivity index (χ4n) is 1.29. The standard InChI is InChI=1S/C12H13BrN2O3/c1-3-18-11(16)12(2,8-14)15(17)10-6-4-9(13)5-7-10/h4-7,17H,3H2,1-2H3. The molecule has 0 fully saturated rings. The van der Waals surface area contributed by atoms with E-state index < -0.39 is 11.5 Å². The SMILES string of the molecule is CCOC(=O)C(C)(C#N)N(O)c1ccc(Br)cc1. The van der Waals surface area contributed by atoms with Gasteiger partial charge in [0.1, 0.15) is 6.07 Å². The summed E-state index contributed by atoms with van der Waals surface area (Å²) in [6.07, 6.45) is 0. The van der Waals surface area contributed by atoms with Crippen LogP contribution in [0.2, 0.25) is 0 Å². The van der Waals surface area contributed by atoms with Crippen LogP contribution in [0.5, 0.6) is 0 Å². The van der Waals surface area contributed by atoms with Crippen LogP contribution in [-0.4, -0.2) is 23.3 Å². The molecule has 6 heteroatoms. The molecule has 1 atom stereocenters. The molecule has 0 aromatic heterocycles. The molecular weight excluding hydrogens is 300 g/mol. The predicted octanol–water partition coefficient (Wildman–Crippen LogP) is 2.49. The number of ether oxygens (including phenoxy) is 1. The van der Waals surface area contributed by atoms with Crippen LogP contribution in [-0.2, 0) is 9.53 Å². The number of benzene rings is 1. The molecule has 0 radical (unpaired) electrons. The van der Waals surface area contributed by atoms with E-state index in [4.69, 9.17) is 10.00 Å². The van der Waals surface area contributed by atoms with Crippen LogP contribution in [0.4, 0.5) is 5.69 Å². The number of anilines is 1. The lowest BCUT2D eigenvalue weighted by atomic mass is 10.0. The van der Waals surface area contributed by atoms with Crippen molar-refractivity contribution >= 4 is 27.6 Å². The molecule has 1 rings (SSSR count). The molecule has 0 amide bonds. The van der Waals surface area contributed by atoms with E-state index in [1.807, 2.05) is 0 Å². The first-order valence-electron chi connectivity index (χ1n) is 5.29. The minimum absolute atomic E-state index is 0.143. The molecule has 1 N–H and O–H groups in total. The molecule has 5 nitrogen and oxygen atoms in total. The molecular formula is C12H13BrN2O3. The molecule has 0 aliphatic rings. The minimum atomic E-state index is -1.77. The molecule has 1 unspecified atom stereocenters. The predicted molar refractivity (Wildman–Crippen MR) is 69.1 cm³/mol. The fraction of sp³-hybridized carbons (Fsp3) is 0.333. The van der Waals surface area contributed by atoms with Gasteiger partial charge in [0.25, 0.3) is 0 Å². The Morgan fingerprint density at radius 3 is 2.56 bits per heavy atom. The highest BCUT2D eigenvalue weighted by Crippen LogP contribution is 2.24. The van der Waals surface area contributed by atoms with Crippen LogP contribution in [0, 0.1) is 11.3 Å². The van der Waals surface area contributed by atoms with E-state index in [-0.39, 0.29) is 6.61 Å². The number of rotatable bonds is 4. The quantitative estimate of drug-likeness (QED) is 0.683. The van der Waals surface area contributed by atoms with E-state index in [2.05, 4.69) is 15.9 Å². The van der Waals surface area contributed by atoms with E-state index in [1.54, 1.807) is 37.3 Å². The van der Waals surface area contributed by atoms with E-state index in [9.17, 15) is 10.0 Å². The van der Waals surface area contributed by atoms with Crippen molar-refractivity contribution in [1.82, 2.24) is 0 Å². The van der Waals surface area contributed by atoms with Crippen LogP contribution in [0.15, 0.2) is 28.7 Å². The monoisotopic (exact) mass is 312 g/mol. The summed E-state index contributed by atoms with van der Waals surface area (Å²) in [5, 5.41) is 19.7. The van der Waals surface area contributed by atoms with Gasteiger partial charge in [0.15, 0.2) is 0 Å². The van der Waals surface area contributed by atoms with Gasteiger partial charge in [-0.1, -0.05) is 15.9 Å². The highest BCUT2D eigenvalue weighted by atomic mass is 79.9. The van der Waals surface area contributed by atoms with Gasteiger partial charge in [-0.25, -0.2) is 9.86 Å². The summed E-state index contributed by atoms with van der Waals surface area (Å²) >= 11 is 3.26. The van der Waals surface area contributed by atoms with Gasteiger partial charge in [-0.2, -0.15) is 5.26 Å². The summed E-state index contributed by atoms with van der Waals surface area (Å²) in [7, 11) is 0. The Hall–Kier alpha value is -1.58. The summed E-state index contributed by atoms with van der Waals surface area (Å²) < 4.78 is 5.62. The Morgan fingerprint density at radius 1 is 1.56 bits per heavy atom. The fourth-order valence-corrected chi connectivity index (χ4v) is 1.56. The minimum Gasteiger partial charge on any atom is -0.463 e. The maximum absolute atomic E-state index is 11.7. The third-order valence-corrected chi connectivity index (χ3v) is 2.91. The maximum Gasteiger partial charge on any atom is 0.349 e. The Bertz CT molecular complexity index is 469. The second-order valence-corrected chi connectivity index (χ2v) is 4.61. The number of hydrogen-bond donors (Lipinski definition) is 1. The number of nitriles is 1. The van der Waals surface area contributed by atoms with Crippen molar-refractivity contribution in [3.05, 3.63) is 28.7 Å². The van der Waals surface area contributed by atoms with Gasteiger partial charge in [0, 0.05) is 4.47 Å². The summed E-state index contributed by atoms with van der Waals surface area (Å²) in [5.41, 5.74) is -1.44. The summed E-state index contributed by atoms with van der Waals surface area (Å²) in [4.78, 5) is 11.7. The zero-order valence-electron chi connectivity index (χ0n) is 10.1. The number of hydrogen-bond acceptors (Lipinski definition) is 5. The normalized spacial score (nSPS) is 13.3. The number of esters is 1. The highest BCUT2D eigenvalue weighted by molar-refractivity contribution is 9.10. The number of halogens is 1. The van der Waals surface area contributed by atoms with Gasteiger partial charge in [-0.3, -0.25) is 5.21 Å². The zero-order valence-corrected chi connectivity index (χ0v) is 11.6. The summed E-state index contributed by atoms with van der Waals surface area (Å²) in [5.74, 6) is -0.794. The first kappa shape index (κ1) is 14.5. The van der Waals surface area contributed by atoms with Crippen molar-refractivity contribution in [1.29, 1.82) is 5.26 Å². The van der Waals surface area contributed by atoms with E-state index >= 15 is 0 Å². The van der Waals surface area contributed by atoms with Crippen molar-refractivity contribution in [2.75, 3.05) is 11.7 Å². The molecule has 18 heavy (non-hydrogen) atoms. The molecule has 1 aromatic carbocycles. The molecule has 0 bridgehead atoms. The number of nitrogens with zero attached hydrogens (tertiary/aromatic N) is 2. The van der Waals surface area contributed by atoms with Crippen LogP contribution >= 0.6 is 15.9 Å². The topological polar surface area (TPSA) is 73.6 Å². The Balaban J connectivity index is 3.05. The Kier molecular flexibility index (Phi) is 4.70. The van der Waals surface area contributed by atoms with Gasteiger partial charge in [0.05, 0.1) is 12.3 Å². The lowest BCUT2D eigenvalue weighted by Gasteiger charge is -2.29. The average molecular weight is 313 g/mol. The first-order chi connectivity index (χ1) is 8.45. The number of carbonyl (C=O) groups is 1. The smallest absolute Gasteiger partial charge is 0.349 e. The van der Waals surface area contributed by atoms with Crippen molar-refractivity contribution < 1.29 is 14.7 Å².